The maximum atomic E-state index is 5.63. The van der Waals surface area contributed by atoms with Crippen LogP contribution in [0.15, 0.2) is 71.6 Å². The average Bonchev–Trinajstić information content (AvgIpc) is 3.42. The van der Waals surface area contributed by atoms with Gasteiger partial charge in [-0.1, -0.05) is 24.3 Å². The zero-order valence-electron chi connectivity index (χ0n) is 17.8. The molecule has 0 fully saturated rings. The summed E-state index contributed by atoms with van der Waals surface area (Å²) in [5, 5.41) is 1.57. The number of rotatable bonds is 4. The summed E-state index contributed by atoms with van der Waals surface area (Å²) in [4.78, 5) is 7.29. The van der Waals surface area contributed by atoms with Crippen LogP contribution < -0.4 is 19.1 Å². The largest absolute Gasteiger partial charge is 0.497 e. The first-order chi connectivity index (χ1) is 15.8. The van der Waals surface area contributed by atoms with Crippen molar-refractivity contribution in [3.05, 3.63) is 78.0 Å². The van der Waals surface area contributed by atoms with E-state index in [2.05, 4.69) is 70.5 Å². The Balaban J connectivity index is 1.34. The number of methoxy groups -OCH3 is 1. The van der Waals surface area contributed by atoms with Gasteiger partial charge in [-0.2, -0.15) is 0 Å². The molecule has 3 aromatic carbocycles. The summed E-state index contributed by atoms with van der Waals surface area (Å²) in [6.07, 6.45) is 1.03. The molecule has 6 rings (SSSR count). The molecular weight excluding hydrogens is 420 g/mol. The third kappa shape index (κ3) is 3.54. The third-order valence-corrected chi connectivity index (χ3v) is 7.53. The van der Waals surface area contributed by atoms with E-state index < -0.39 is 0 Å². The van der Waals surface area contributed by atoms with Crippen molar-refractivity contribution in [1.29, 1.82) is 0 Å². The van der Waals surface area contributed by atoms with Crippen LogP contribution in [-0.2, 0) is 6.54 Å². The smallest absolute Gasteiger partial charge is 0.231 e. The highest BCUT2D eigenvalue weighted by Crippen LogP contribution is 2.48. The second-order valence-corrected chi connectivity index (χ2v) is 9.39. The van der Waals surface area contributed by atoms with Crippen molar-refractivity contribution in [3.63, 3.8) is 0 Å². The molecule has 4 aromatic rings. The summed E-state index contributed by atoms with van der Waals surface area (Å²) in [7, 11) is 1.72. The van der Waals surface area contributed by atoms with Gasteiger partial charge in [-0.3, -0.25) is 0 Å². The molecule has 0 amide bonds. The Labute approximate surface area is 191 Å². The Morgan fingerprint density at radius 2 is 1.94 bits per heavy atom. The number of para-hydroxylation sites is 1. The highest BCUT2D eigenvalue weighted by molar-refractivity contribution is 7.99. The molecule has 0 radical (unpaired) electrons. The van der Waals surface area contributed by atoms with Crippen LogP contribution in [-0.4, -0.2) is 25.4 Å². The van der Waals surface area contributed by atoms with Crippen LogP contribution in [0.3, 0.4) is 0 Å². The molecule has 1 N–H and O–H groups in total. The van der Waals surface area contributed by atoms with Crippen LogP contribution in [0.1, 0.15) is 22.9 Å². The minimum Gasteiger partial charge on any atom is -0.497 e. The standard InChI is InChI=1S/C26H24N2O3S/c1-29-20-7-8-22-26(14-20)32-25(18-6-9-23-24(13-18)31-16-30-23)10-11-28(22)15-19-12-17-4-2-3-5-21(17)27-19/h2-9,12-14,25,27H,10-11,15-16H2,1H3. The van der Waals surface area contributed by atoms with E-state index in [-0.39, 0.29) is 0 Å². The molecule has 3 heterocycles. The molecule has 1 unspecified atom stereocenters. The lowest BCUT2D eigenvalue weighted by Gasteiger charge is -2.24. The topological polar surface area (TPSA) is 46.7 Å². The summed E-state index contributed by atoms with van der Waals surface area (Å²) >= 11 is 1.90. The Hall–Kier alpha value is -3.25. The van der Waals surface area contributed by atoms with Crippen molar-refractivity contribution in [3.8, 4) is 17.2 Å². The molecule has 0 saturated heterocycles. The fourth-order valence-corrected chi connectivity index (χ4v) is 5.83. The zero-order chi connectivity index (χ0) is 21.5. The fourth-order valence-electron chi connectivity index (χ4n) is 4.52. The lowest BCUT2D eigenvalue weighted by Crippen LogP contribution is -2.24. The molecule has 0 spiro atoms. The first-order valence-corrected chi connectivity index (χ1v) is 11.7. The number of nitrogens with one attached hydrogen (secondary N) is 1. The number of aromatic amines is 1. The number of aromatic nitrogens is 1. The Kier molecular flexibility index (Phi) is 4.87. The van der Waals surface area contributed by atoms with E-state index >= 15 is 0 Å². The van der Waals surface area contributed by atoms with Gasteiger partial charge < -0.3 is 24.1 Å². The van der Waals surface area contributed by atoms with Gasteiger partial charge in [0.2, 0.25) is 6.79 Å². The van der Waals surface area contributed by atoms with Gasteiger partial charge in [0.15, 0.2) is 11.5 Å². The number of thioether (sulfide) groups is 1. The molecule has 2 aliphatic heterocycles. The van der Waals surface area contributed by atoms with Gasteiger partial charge in [-0.15, -0.1) is 11.8 Å². The number of ether oxygens (including phenoxy) is 3. The fraction of sp³-hybridized carbons (Fsp3) is 0.231. The van der Waals surface area contributed by atoms with E-state index in [1.807, 2.05) is 17.8 Å². The van der Waals surface area contributed by atoms with Crippen LogP contribution in [0.25, 0.3) is 10.9 Å². The van der Waals surface area contributed by atoms with Gasteiger partial charge >= 0.3 is 0 Å². The molecule has 5 nitrogen and oxygen atoms in total. The Morgan fingerprint density at radius 3 is 2.84 bits per heavy atom. The summed E-state index contributed by atoms with van der Waals surface area (Å²) in [5.74, 6) is 2.55. The molecular formula is C26H24N2O3S. The summed E-state index contributed by atoms with van der Waals surface area (Å²) in [6.45, 7) is 2.10. The zero-order valence-corrected chi connectivity index (χ0v) is 18.7. The molecule has 0 aliphatic carbocycles. The minimum atomic E-state index is 0.301. The van der Waals surface area contributed by atoms with E-state index in [0.29, 0.717) is 12.0 Å². The maximum absolute atomic E-state index is 5.63. The van der Waals surface area contributed by atoms with Crippen molar-refractivity contribution < 1.29 is 14.2 Å². The number of fused-ring (bicyclic) bond motifs is 3. The Morgan fingerprint density at radius 1 is 1.03 bits per heavy atom. The number of hydrogen-bond donors (Lipinski definition) is 1. The lowest BCUT2D eigenvalue weighted by atomic mass is 10.1. The van der Waals surface area contributed by atoms with Gasteiger partial charge in [0, 0.05) is 27.9 Å². The highest BCUT2D eigenvalue weighted by Gasteiger charge is 2.26. The van der Waals surface area contributed by atoms with Crippen molar-refractivity contribution >= 4 is 28.4 Å². The molecule has 32 heavy (non-hydrogen) atoms. The number of benzene rings is 3. The van der Waals surface area contributed by atoms with Gasteiger partial charge in [-0.05, 0) is 59.8 Å². The highest BCUT2D eigenvalue weighted by atomic mass is 32.2. The van der Waals surface area contributed by atoms with Crippen LogP contribution >= 0.6 is 11.8 Å². The van der Waals surface area contributed by atoms with Crippen LogP contribution in [0, 0.1) is 0 Å². The van der Waals surface area contributed by atoms with Crippen LogP contribution in [0.5, 0.6) is 17.2 Å². The van der Waals surface area contributed by atoms with Gasteiger partial charge in [-0.25, -0.2) is 0 Å². The quantitative estimate of drug-likeness (QED) is 0.409. The molecule has 6 heteroatoms. The summed E-state index contributed by atoms with van der Waals surface area (Å²) in [6, 6.07) is 23.4. The van der Waals surface area contributed by atoms with Crippen molar-refractivity contribution in [1.82, 2.24) is 4.98 Å². The molecule has 0 bridgehead atoms. The molecule has 2 aliphatic rings. The van der Waals surface area contributed by atoms with E-state index in [9.17, 15) is 0 Å². The molecule has 1 aromatic heterocycles. The average molecular weight is 445 g/mol. The van der Waals surface area contributed by atoms with Crippen molar-refractivity contribution in [2.75, 3.05) is 25.3 Å². The predicted molar refractivity (Wildman–Crippen MR) is 128 cm³/mol. The number of nitrogens with zero attached hydrogens (tertiary/aromatic N) is 1. The van der Waals surface area contributed by atoms with E-state index in [1.54, 1.807) is 7.11 Å². The van der Waals surface area contributed by atoms with Crippen molar-refractivity contribution in [2.45, 2.75) is 23.1 Å². The van der Waals surface area contributed by atoms with E-state index in [4.69, 9.17) is 14.2 Å². The number of hydrogen-bond acceptors (Lipinski definition) is 5. The van der Waals surface area contributed by atoms with Gasteiger partial charge in [0.25, 0.3) is 0 Å². The monoisotopic (exact) mass is 444 g/mol. The van der Waals surface area contributed by atoms with Crippen LogP contribution in [0.2, 0.25) is 0 Å². The number of H-pyrrole nitrogens is 1. The molecule has 1 atom stereocenters. The predicted octanol–water partition coefficient (Wildman–Crippen LogP) is 6.15. The van der Waals surface area contributed by atoms with Gasteiger partial charge in [0.05, 0.1) is 19.3 Å². The lowest BCUT2D eigenvalue weighted by molar-refractivity contribution is 0.174. The second-order valence-electron chi connectivity index (χ2n) is 8.14. The minimum absolute atomic E-state index is 0.301. The Bertz CT molecular complexity index is 1250. The van der Waals surface area contributed by atoms with Crippen LogP contribution in [0.4, 0.5) is 5.69 Å². The molecule has 162 valence electrons. The van der Waals surface area contributed by atoms with Crippen molar-refractivity contribution in [2.24, 2.45) is 0 Å². The third-order valence-electron chi connectivity index (χ3n) is 6.15. The second kappa shape index (κ2) is 8.02. The summed E-state index contributed by atoms with van der Waals surface area (Å²) in [5.41, 5.74) is 4.91. The van der Waals surface area contributed by atoms with Gasteiger partial charge in [0.1, 0.15) is 5.75 Å². The maximum Gasteiger partial charge on any atom is 0.231 e. The van der Waals surface area contributed by atoms with E-state index in [1.165, 1.54) is 32.7 Å². The SMILES string of the molecule is COc1ccc2c(c1)SC(c1ccc3c(c1)OCO3)CCN2Cc1cc2ccccc2[nH]1. The number of anilines is 1. The normalized spacial score (nSPS) is 17.3. The summed E-state index contributed by atoms with van der Waals surface area (Å²) < 4.78 is 16.7. The van der Waals surface area contributed by atoms with E-state index in [0.717, 1.165) is 36.8 Å². The molecule has 0 saturated carbocycles. The first-order valence-electron chi connectivity index (χ1n) is 10.8. The first kappa shape index (κ1) is 19.4.